The number of rotatable bonds is 7. The van der Waals surface area contributed by atoms with Crippen LogP contribution in [0, 0.1) is 0 Å². The standard InChI is InChI=1S/C18H20O2.CH4O/c1-2-3-7-12-20-17-10-11-18(16(13-17)14-19)15-8-5-4-6-9-15;1-2/h4-6,8-11,13-14H,2-3,7,12H2,1H3;2H,1H3. The molecule has 2 aromatic rings. The first-order valence-corrected chi connectivity index (χ1v) is 7.57. The molecular formula is C19H24O3. The van der Waals surface area contributed by atoms with Crippen LogP contribution in [-0.2, 0) is 0 Å². The Morgan fingerprint density at radius 3 is 2.41 bits per heavy atom. The molecule has 0 spiro atoms. The lowest BCUT2D eigenvalue weighted by molar-refractivity contribution is 0.112. The zero-order chi connectivity index (χ0) is 16.2. The summed E-state index contributed by atoms with van der Waals surface area (Å²) in [6.07, 6.45) is 4.28. The van der Waals surface area contributed by atoms with E-state index in [2.05, 4.69) is 6.92 Å². The quantitative estimate of drug-likeness (QED) is 0.611. The Balaban J connectivity index is 0.00000116. The van der Waals surface area contributed by atoms with Crippen LogP contribution in [0.5, 0.6) is 5.75 Å². The van der Waals surface area contributed by atoms with Crippen molar-refractivity contribution in [3.8, 4) is 16.9 Å². The number of hydrogen-bond acceptors (Lipinski definition) is 3. The number of unbranched alkanes of at least 4 members (excludes halogenated alkanes) is 2. The van der Waals surface area contributed by atoms with Crippen molar-refractivity contribution in [2.24, 2.45) is 0 Å². The maximum Gasteiger partial charge on any atom is 0.150 e. The summed E-state index contributed by atoms with van der Waals surface area (Å²) >= 11 is 0. The van der Waals surface area contributed by atoms with Gasteiger partial charge < -0.3 is 9.84 Å². The highest BCUT2D eigenvalue weighted by molar-refractivity contribution is 5.88. The molecule has 0 radical (unpaired) electrons. The maximum atomic E-state index is 11.3. The Labute approximate surface area is 132 Å². The van der Waals surface area contributed by atoms with Gasteiger partial charge >= 0.3 is 0 Å². The highest BCUT2D eigenvalue weighted by Crippen LogP contribution is 2.26. The molecule has 2 rings (SSSR count). The molecule has 0 aliphatic heterocycles. The van der Waals surface area contributed by atoms with Crippen molar-refractivity contribution >= 4 is 6.29 Å². The number of carbonyl (C=O) groups excluding carboxylic acids is 1. The predicted octanol–water partition coefficient (Wildman–Crippen LogP) is 4.34. The van der Waals surface area contributed by atoms with E-state index in [-0.39, 0.29) is 0 Å². The van der Waals surface area contributed by atoms with Crippen molar-refractivity contribution in [2.45, 2.75) is 26.2 Å². The van der Waals surface area contributed by atoms with Gasteiger partial charge in [-0.05, 0) is 35.7 Å². The third-order valence-electron chi connectivity index (χ3n) is 3.25. The summed E-state index contributed by atoms with van der Waals surface area (Å²) in [5.74, 6) is 0.767. The molecule has 0 fully saturated rings. The van der Waals surface area contributed by atoms with E-state index in [1.165, 1.54) is 12.8 Å². The summed E-state index contributed by atoms with van der Waals surface area (Å²) in [5, 5.41) is 7.00. The molecule has 3 nitrogen and oxygen atoms in total. The molecule has 0 aliphatic carbocycles. The highest BCUT2D eigenvalue weighted by Gasteiger charge is 2.06. The second kappa shape index (κ2) is 10.6. The third kappa shape index (κ3) is 5.34. The number of aliphatic hydroxyl groups excluding tert-OH is 1. The lowest BCUT2D eigenvalue weighted by Crippen LogP contribution is -1.98. The molecule has 22 heavy (non-hydrogen) atoms. The van der Waals surface area contributed by atoms with Crippen molar-refractivity contribution in [2.75, 3.05) is 13.7 Å². The largest absolute Gasteiger partial charge is 0.494 e. The molecule has 0 bridgehead atoms. The van der Waals surface area contributed by atoms with Gasteiger partial charge in [-0.25, -0.2) is 0 Å². The van der Waals surface area contributed by atoms with Crippen LogP contribution in [0.3, 0.4) is 0 Å². The lowest BCUT2D eigenvalue weighted by Gasteiger charge is -2.09. The summed E-state index contributed by atoms with van der Waals surface area (Å²) < 4.78 is 5.68. The number of hydrogen-bond donors (Lipinski definition) is 1. The molecule has 0 aromatic heterocycles. The molecule has 2 aromatic carbocycles. The van der Waals surface area contributed by atoms with Crippen LogP contribution < -0.4 is 4.74 Å². The average molecular weight is 300 g/mol. The van der Waals surface area contributed by atoms with Gasteiger partial charge in [0.1, 0.15) is 5.75 Å². The fourth-order valence-corrected chi connectivity index (χ4v) is 2.15. The Hall–Kier alpha value is -2.13. The molecule has 3 heteroatoms. The van der Waals surface area contributed by atoms with E-state index in [0.717, 1.165) is 36.7 Å². The Morgan fingerprint density at radius 1 is 1.05 bits per heavy atom. The zero-order valence-corrected chi connectivity index (χ0v) is 13.3. The normalized spacial score (nSPS) is 9.59. The van der Waals surface area contributed by atoms with Gasteiger partial charge in [-0.15, -0.1) is 0 Å². The molecule has 0 amide bonds. The van der Waals surface area contributed by atoms with E-state index in [1.807, 2.05) is 48.5 Å². The van der Waals surface area contributed by atoms with Crippen LogP contribution in [0.1, 0.15) is 36.5 Å². The van der Waals surface area contributed by atoms with Gasteiger partial charge in [0.15, 0.2) is 6.29 Å². The number of ether oxygens (including phenoxy) is 1. The van der Waals surface area contributed by atoms with Gasteiger partial charge in [-0.1, -0.05) is 50.1 Å². The molecule has 0 saturated carbocycles. The minimum atomic E-state index is 0.671. The summed E-state index contributed by atoms with van der Waals surface area (Å²) in [5.41, 5.74) is 2.66. The SMILES string of the molecule is CCCCCOc1ccc(-c2ccccc2)c(C=O)c1.CO. The van der Waals surface area contributed by atoms with Crippen molar-refractivity contribution < 1.29 is 14.6 Å². The maximum absolute atomic E-state index is 11.3. The van der Waals surface area contributed by atoms with Crippen molar-refractivity contribution in [3.05, 3.63) is 54.1 Å². The van der Waals surface area contributed by atoms with Gasteiger partial charge in [0.25, 0.3) is 0 Å². The topological polar surface area (TPSA) is 46.5 Å². The minimum Gasteiger partial charge on any atom is -0.494 e. The van der Waals surface area contributed by atoms with Crippen molar-refractivity contribution in [1.29, 1.82) is 0 Å². The van der Waals surface area contributed by atoms with Crippen LogP contribution in [-0.4, -0.2) is 25.1 Å². The van der Waals surface area contributed by atoms with Gasteiger partial charge in [-0.2, -0.15) is 0 Å². The number of benzene rings is 2. The number of carbonyl (C=O) groups is 1. The number of aldehydes is 1. The molecule has 0 heterocycles. The Kier molecular flexibility index (Phi) is 8.61. The van der Waals surface area contributed by atoms with Crippen LogP contribution in [0.4, 0.5) is 0 Å². The Morgan fingerprint density at radius 2 is 1.77 bits per heavy atom. The van der Waals surface area contributed by atoms with Crippen LogP contribution in [0.25, 0.3) is 11.1 Å². The molecule has 0 aliphatic rings. The van der Waals surface area contributed by atoms with Crippen LogP contribution in [0.2, 0.25) is 0 Å². The molecule has 0 unspecified atom stereocenters. The Bertz CT molecular complexity index is 550. The summed E-state index contributed by atoms with van der Waals surface area (Å²) in [6, 6.07) is 15.6. The third-order valence-corrected chi connectivity index (χ3v) is 3.25. The fourth-order valence-electron chi connectivity index (χ4n) is 2.15. The van der Waals surface area contributed by atoms with E-state index in [4.69, 9.17) is 9.84 Å². The van der Waals surface area contributed by atoms with Gasteiger partial charge in [0, 0.05) is 12.7 Å². The van der Waals surface area contributed by atoms with E-state index in [9.17, 15) is 4.79 Å². The average Bonchev–Trinajstić information content (AvgIpc) is 2.61. The fraction of sp³-hybridized carbons (Fsp3) is 0.316. The van der Waals surface area contributed by atoms with Gasteiger partial charge in [-0.3, -0.25) is 4.79 Å². The second-order valence-electron chi connectivity index (χ2n) is 4.79. The molecule has 1 N–H and O–H groups in total. The highest BCUT2D eigenvalue weighted by atomic mass is 16.5. The van der Waals surface area contributed by atoms with Gasteiger partial charge in [0.05, 0.1) is 6.61 Å². The summed E-state index contributed by atoms with van der Waals surface area (Å²) in [6.45, 7) is 2.87. The second-order valence-corrected chi connectivity index (χ2v) is 4.79. The first kappa shape index (κ1) is 17.9. The van der Waals surface area contributed by atoms with Crippen molar-refractivity contribution in [1.82, 2.24) is 0 Å². The lowest BCUT2D eigenvalue weighted by atomic mass is 10.0. The molecular weight excluding hydrogens is 276 g/mol. The summed E-state index contributed by atoms with van der Waals surface area (Å²) in [7, 11) is 1.00. The van der Waals surface area contributed by atoms with E-state index in [1.54, 1.807) is 0 Å². The minimum absolute atomic E-state index is 0.671. The smallest absolute Gasteiger partial charge is 0.150 e. The molecule has 118 valence electrons. The van der Waals surface area contributed by atoms with Crippen LogP contribution in [0.15, 0.2) is 48.5 Å². The molecule has 0 atom stereocenters. The zero-order valence-electron chi connectivity index (χ0n) is 13.3. The van der Waals surface area contributed by atoms with Gasteiger partial charge in [0.2, 0.25) is 0 Å². The van der Waals surface area contributed by atoms with Crippen molar-refractivity contribution in [3.63, 3.8) is 0 Å². The monoisotopic (exact) mass is 300 g/mol. The predicted molar refractivity (Wildman–Crippen MR) is 90.4 cm³/mol. The first-order chi connectivity index (χ1) is 10.8. The number of aliphatic hydroxyl groups is 1. The van der Waals surface area contributed by atoms with Crippen LogP contribution >= 0.6 is 0 Å². The first-order valence-electron chi connectivity index (χ1n) is 7.57. The van der Waals surface area contributed by atoms with E-state index in [0.29, 0.717) is 12.2 Å². The van der Waals surface area contributed by atoms with E-state index < -0.39 is 0 Å². The van der Waals surface area contributed by atoms with E-state index >= 15 is 0 Å². The molecule has 0 saturated heterocycles. The summed E-state index contributed by atoms with van der Waals surface area (Å²) in [4.78, 5) is 11.3.